The molecule has 17 heavy (non-hydrogen) atoms. The zero-order valence-corrected chi connectivity index (χ0v) is 10.9. The molecule has 1 spiro atoms. The quantitative estimate of drug-likeness (QED) is 0.732. The zero-order valence-electron chi connectivity index (χ0n) is 10.9. The number of nitrogens with one attached hydrogen (secondary N) is 1. The van der Waals surface area contributed by atoms with E-state index >= 15 is 0 Å². The van der Waals surface area contributed by atoms with Gasteiger partial charge in [0.05, 0.1) is 11.2 Å². The summed E-state index contributed by atoms with van der Waals surface area (Å²) in [6.07, 6.45) is 6.78. The molecular formula is C14H25NO2. The molecule has 3 atom stereocenters. The van der Waals surface area contributed by atoms with Crippen LogP contribution in [0.5, 0.6) is 0 Å². The Labute approximate surface area is 104 Å². The predicted molar refractivity (Wildman–Crippen MR) is 66.9 cm³/mol. The second-order valence-electron chi connectivity index (χ2n) is 6.42. The molecule has 0 aromatic carbocycles. The van der Waals surface area contributed by atoms with E-state index in [-0.39, 0.29) is 5.60 Å². The highest BCUT2D eigenvalue weighted by Gasteiger charge is 2.50. The van der Waals surface area contributed by atoms with E-state index in [4.69, 9.17) is 4.74 Å². The average molecular weight is 239 g/mol. The molecule has 2 N–H and O–H groups in total. The van der Waals surface area contributed by atoms with Crippen molar-refractivity contribution in [3.8, 4) is 0 Å². The lowest BCUT2D eigenvalue weighted by Crippen LogP contribution is -2.58. The van der Waals surface area contributed by atoms with Crippen molar-refractivity contribution in [1.82, 2.24) is 5.32 Å². The summed E-state index contributed by atoms with van der Waals surface area (Å²) in [5, 5.41) is 14.4. The Hall–Kier alpha value is -0.120. The lowest BCUT2D eigenvalue weighted by Gasteiger charge is -2.53. The first kappa shape index (κ1) is 11.9. The second kappa shape index (κ2) is 4.22. The van der Waals surface area contributed by atoms with Gasteiger partial charge in [-0.05, 0) is 56.9 Å². The van der Waals surface area contributed by atoms with Crippen molar-refractivity contribution in [2.45, 2.75) is 56.7 Å². The molecule has 2 aliphatic heterocycles. The molecule has 1 aliphatic carbocycles. The molecule has 0 amide bonds. The molecule has 3 heteroatoms. The highest BCUT2D eigenvalue weighted by atomic mass is 16.5. The van der Waals surface area contributed by atoms with Crippen LogP contribution < -0.4 is 5.32 Å². The molecule has 1 saturated carbocycles. The van der Waals surface area contributed by atoms with Gasteiger partial charge < -0.3 is 15.2 Å². The van der Waals surface area contributed by atoms with E-state index in [1.807, 2.05) is 0 Å². The molecule has 0 radical (unpaired) electrons. The van der Waals surface area contributed by atoms with Gasteiger partial charge in [0.25, 0.3) is 0 Å². The fourth-order valence-corrected chi connectivity index (χ4v) is 4.01. The summed E-state index contributed by atoms with van der Waals surface area (Å²) in [5.74, 6) is 0.824. The fourth-order valence-electron chi connectivity index (χ4n) is 4.01. The first-order valence-electron chi connectivity index (χ1n) is 7.22. The summed E-state index contributed by atoms with van der Waals surface area (Å²) in [5.41, 5.74) is -0.291. The van der Waals surface area contributed by atoms with Crippen molar-refractivity contribution in [2.24, 2.45) is 11.8 Å². The SMILES string of the molecule is CC1CNCCC1(O)C1CCOC2(CCC2)C1. The van der Waals surface area contributed by atoms with Gasteiger partial charge in [0, 0.05) is 13.2 Å². The van der Waals surface area contributed by atoms with Gasteiger partial charge in [0.2, 0.25) is 0 Å². The summed E-state index contributed by atoms with van der Waals surface area (Å²) in [7, 11) is 0. The Balaban J connectivity index is 1.73. The number of piperidine rings is 1. The van der Waals surface area contributed by atoms with E-state index in [1.165, 1.54) is 19.3 Å². The largest absolute Gasteiger partial charge is 0.389 e. The van der Waals surface area contributed by atoms with Gasteiger partial charge in [-0.2, -0.15) is 0 Å². The molecule has 2 heterocycles. The van der Waals surface area contributed by atoms with E-state index < -0.39 is 5.60 Å². The van der Waals surface area contributed by atoms with Crippen LogP contribution in [0, 0.1) is 11.8 Å². The Morgan fingerprint density at radius 1 is 1.29 bits per heavy atom. The topological polar surface area (TPSA) is 41.5 Å². The van der Waals surface area contributed by atoms with Crippen LogP contribution >= 0.6 is 0 Å². The summed E-state index contributed by atoms with van der Waals surface area (Å²) in [6, 6.07) is 0. The van der Waals surface area contributed by atoms with Crippen LogP contribution in [-0.2, 0) is 4.74 Å². The molecule has 0 aromatic heterocycles. The molecule has 2 saturated heterocycles. The van der Waals surface area contributed by atoms with Gasteiger partial charge in [-0.25, -0.2) is 0 Å². The van der Waals surface area contributed by atoms with E-state index in [2.05, 4.69) is 12.2 Å². The molecule has 3 nitrogen and oxygen atoms in total. The van der Waals surface area contributed by atoms with E-state index in [0.29, 0.717) is 11.8 Å². The lowest BCUT2D eigenvalue weighted by molar-refractivity contribution is -0.189. The van der Waals surface area contributed by atoms with Crippen LogP contribution in [0.25, 0.3) is 0 Å². The molecule has 0 bridgehead atoms. The number of aliphatic hydroxyl groups is 1. The third kappa shape index (κ3) is 1.92. The first-order chi connectivity index (χ1) is 8.15. The average Bonchev–Trinajstić information content (AvgIpc) is 2.31. The normalized spacial score (nSPS) is 45.5. The molecule has 98 valence electrons. The van der Waals surface area contributed by atoms with Gasteiger partial charge in [-0.3, -0.25) is 0 Å². The van der Waals surface area contributed by atoms with Gasteiger partial charge in [0.15, 0.2) is 0 Å². The lowest BCUT2D eigenvalue weighted by atomic mass is 9.63. The number of hydrogen-bond donors (Lipinski definition) is 2. The van der Waals surface area contributed by atoms with Gasteiger partial charge in [-0.15, -0.1) is 0 Å². The van der Waals surface area contributed by atoms with Crippen molar-refractivity contribution in [1.29, 1.82) is 0 Å². The minimum Gasteiger partial charge on any atom is -0.389 e. The standard InChI is InChI=1S/C14H25NO2/c1-11-10-15-7-6-14(11,16)12-3-8-17-13(9-12)4-2-5-13/h11-12,15-16H,2-10H2,1H3. The van der Waals surface area contributed by atoms with Gasteiger partial charge in [0.1, 0.15) is 0 Å². The first-order valence-corrected chi connectivity index (χ1v) is 7.22. The summed E-state index contributed by atoms with van der Waals surface area (Å²) < 4.78 is 5.98. The summed E-state index contributed by atoms with van der Waals surface area (Å²) in [6.45, 7) is 4.97. The van der Waals surface area contributed by atoms with Crippen LogP contribution in [0.15, 0.2) is 0 Å². The zero-order chi connectivity index (χ0) is 11.9. The third-order valence-corrected chi connectivity index (χ3v) is 5.47. The highest BCUT2D eigenvalue weighted by Crippen LogP contribution is 2.49. The van der Waals surface area contributed by atoms with Crippen molar-refractivity contribution in [3.05, 3.63) is 0 Å². The highest BCUT2D eigenvalue weighted by molar-refractivity contribution is 5.02. The monoisotopic (exact) mass is 239 g/mol. The van der Waals surface area contributed by atoms with E-state index in [9.17, 15) is 5.11 Å². The summed E-state index contributed by atoms with van der Waals surface area (Å²) in [4.78, 5) is 0. The van der Waals surface area contributed by atoms with Gasteiger partial charge in [-0.1, -0.05) is 6.92 Å². The predicted octanol–water partition coefficient (Wildman–Crippen LogP) is 1.70. The van der Waals surface area contributed by atoms with Gasteiger partial charge >= 0.3 is 0 Å². The number of ether oxygens (including phenoxy) is 1. The van der Waals surface area contributed by atoms with E-state index in [0.717, 1.165) is 39.0 Å². The van der Waals surface area contributed by atoms with Crippen molar-refractivity contribution in [3.63, 3.8) is 0 Å². The Morgan fingerprint density at radius 3 is 2.76 bits per heavy atom. The van der Waals surface area contributed by atoms with Crippen LogP contribution in [-0.4, -0.2) is 36.0 Å². The molecule has 3 rings (SSSR count). The second-order valence-corrected chi connectivity index (χ2v) is 6.42. The van der Waals surface area contributed by atoms with Crippen LogP contribution in [0.1, 0.15) is 45.4 Å². The molecule has 3 aliphatic rings. The minimum absolute atomic E-state index is 0.156. The molecule has 3 fully saturated rings. The Morgan fingerprint density at radius 2 is 2.12 bits per heavy atom. The summed E-state index contributed by atoms with van der Waals surface area (Å²) >= 11 is 0. The molecular weight excluding hydrogens is 214 g/mol. The number of hydrogen-bond acceptors (Lipinski definition) is 3. The Kier molecular flexibility index (Phi) is 2.96. The maximum Gasteiger partial charge on any atom is 0.0727 e. The van der Waals surface area contributed by atoms with Crippen LogP contribution in [0.3, 0.4) is 0 Å². The molecule has 0 aromatic rings. The maximum atomic E-state index is 11.0. The smallest absolute Gasteiger partial charge is 0.0727 e. The van der Waals surface area contributed by atoms with Crippen molar-refractivity contribution in [2.75, 3.05) is 19.7 Å². The van der Waals surface area contributed by atoms with Crippen LogP contribution in [0.2, 0.25) is 0 Å². The molecule has 3 unspecified atom stereocenters. The fraction of sp³-hybridized carbons (Fsp3) is 1.00. The number of rotatable bonds is 1. The maximum absolute atomic E-state index is 11.0. The van der Waals surface area contributed by atoms with E-state index in [1.54, 1.807) is 0 Å². The van der Waals surface area contributed by atoms with Crippen molar-refractivity contribution < 1.29 is 9.84 Å². The Bertz CT molecular complexity index is 290. The third-order valence-electron chi connectivity index (χ3n) is 5.47. The van der Waals surface area contributed by atoms with Crippen LogP contribution in [0.4, 0.5) is 0 Å². The van der Waals surface area contributed by atoms with Crippen molar-refractivity contribution >= 4 is 0 Å². The minimum atomic E-state index is -0.447.